The van der Waals surface area contributed by atoms with E-state index in [4.69, 9.17) is 0 Å². The van der Waals surface area contributed by atoms with Crippen LogP contribution in [0.1, 0.15) is 34.8 Å². The number of aromatic nitrogens is 1. The lowest BCUT2D eigenvalue weighted by atomic mass is 9.77. The Balaban J connectivity index is 1.39. The molecule has 1 aliphatic heterocycles. The molecule has 2 unspecified atom stereocenters. The minimum atomic E-state index is -1.01. The van der Waals surface area contributed by atoms with Crippen molar-refractivity contribution in [2.24, 2.45) is 5.92 Å². The van der Waals surface area contributed by atoms with Crippen molar-refractivity contribution in [3.05, 3.63) is 108 Å². The number of ketones is 1. The van der Waals surface area contributed by atoms with Crippen molar-refractivity contribution in [3.63, 3.8) is 0 Å². The quantitative estimate of drug-likeness (QED) is 0.355. The van der Waals surface area contributed by atoms with Gasteiger partial charge in [-0.1, -0.05) is 85.8 Å². The highest BCUT2D eigenvalue weighted by Gasteiger charge is 2.42. The standard InChI is InChI=1S/C29H28N2O3/c1-21-18-30(17-16-29(21,34)23-12-6-3-7-13-23)28(33)27(32)25-20-31(19-22-10-4-2-5-11-22)26-15-9-8-14-24(25)26/h2-15,20-21,34H,16-19H2,1H3. The molecule has 0 radical (unpaired) electrons. The summed E-state index contributed by atoms with van der Waals surface area (Å²) in [7, 11) is 0. The number of rotatable bonds is 5. The van der Waals surface area contributed by atoms with Crippen LogP contribution >= 0.6 is 0 Å². The molecule has 5 nitrogen and oxygen atoms in total. The molecule has 2 heterocycles. The summed E-state index contributed by atoms with van der Waals surface area (Å²) in [5.41, 5.74) is 2.32. The Kier molecular flexibility index (Phi) is 5.80. The molecule has 0 bridgehead atoms. The average Bonchev–Trinajstić information content (AvgIpc) is 3.24. The predicted octanol–water partition coefficient (Wildman–Crippen LogP) is 4.63. The number of hydrogen-bond donors (Lipinski definition) is 1. The largest absolute Gasteiger partial charge is 0.385 e. The molecule has 1 amide bonds. The normalized spacial score (nSPS) is 20.4. The number of carbonyl (C=O) groups excluding carboxylic acids is 2. The molecule has 34 heavy (non-hydrogen) atoms. The predicted molar refractivity (Wildman–Crippen MR) is 133 cm³/mol. The van der Waals surface area contributed by atoms with Crippen LogP contribution in [0.5, 0.6) is 0 Å². The van der Waals surface area contributed by atoms with E-state index in [2.05, 4.69) is 0 Å². The van der Waals surface area contributed by atoms with E-state index < -0.39 is 17.3 Å². The van der Waals surface area contributed by atoms with Crippen molar-refractivity contribution in [2.45, 2.75) is 25.5 Å². The molecule has 2 atom stereocenters. The molecule has 1 N–H and O–H groups in total. The maximum Gasteiger partial charge on any atom is 0.295 e. The Hall–Kier alpha value is -3.70. The molecule has 5 rings (SSSR count). The second-order valence-electron chi connectivity index (χ2n) is 9.20. The Morgan fingerprint density at radius 1 is 0.941 bits per heavy atom. The van der Waals surface area contributed by atoms with Crippen LogP contribution in [0.3, 0.4) is 0 Å². The van der Waals surface area contributed by atoms with Crippen LogP contribution in [0.15, 0.2) is 91.1 Å². The number of nitrogens with zero attached hydrogens (tertiary/aromatic N) is 2. The number of carbonyl (C=O) groups is 2. The first-order valence-electron chi connectivity index (χ1n) is 11.7. The maximum atomic E-state index is 13.4. The van der Waals surface area contributed by atoms with Crippen LogP contribution in [0.2, 0.25) is 0 Å². The molecule has 5 heteroatoms. The second kappa shape index (κ2) is 8.92. The molecular weight excluding hydrogens is 424 g/mol. The van der Waals surface area contributed by atoms with E-state index in [1.165, 1.54) is 0 Å². The Bertz CT molecular complexity index is 1330. The maximum absolute atomic E-state index is 13.4. The minimum absolute atomic E-state index is 0.195. The van der Waals surface area contributed by atoms with Crippen molar-refractivity contribution in [1.29, 1.82) is 0 Å². The van der Waals surface area contributed by atoms with Gasteiger partial charge in [-0.15, -0.1) is 0 Å². The highest BCUT2D eigenvalue weighted by Crippen LogP contribution is 2.37. The van der Waals surface area contributed by atoms with Gasteiger partial charge in [0.05, 0.1) is 11.2 Å². The minimum Gasteiger partial charge on any atom is -0.385 e. The van der Waals surface area contributed by atoms with Gasteiger partial charge in [0.2, 0.25) is 0 Å². The molecule has 3 aromatic carbocycles. The van der Waals surface area contributed by atoms with Crippen molar-refractivity contribution in [2.75, 3.05) is 13.1 Å². The van der Waals surface area contributed by atoms with Gasteiger partial charge in [0.1, 0.15) is 0 Å². The van der Waals surface area contributed by atoms with E-state index in [0.717, 1.165) is 22.0 Å². The monoisotopic (exact) mass is 452 g/mol. The molecule has 0 saturated carbocycles. The van der Waals surface area contributed by atoms with Crippen LogP contribution in [0.4, 0.5) is 0 Å². The summed E-state index contributed by atoms with van der Waals surface area (Å²) in [6.45, 7) is 3.22. The summed E-state index contributed by atoms with van der Waals surface area (Å²) in [6, 6.07) is 27.3. The van der Waals surface area contributed by atoms with Gasteiger partial charge < -0.3 is 14.6 Å². The van der Waals surface area contributed by atoms with Gasteiger partial charge in [0.25, 0.3) is 11.7 Å². The van der Waals surface area contributed by atoms with Gasteiger partial charge in [-0.3, -0.25) is 9.59 Å². The van der Waals surface area contributed by atoms with Crippen molar-refractivity contribution >= 4 is 22.6 Å². The van der Waals surface area contributed by atoms with E-state index in [0.29, 0.717) is 31.6 Å². The van der Waals surface area contributed by atoms with Gasteiger partial charge in [0, 0.05) is 42.7 Å². The fourth-order valence-electron chi connectivity index (χ4n) is 5.06. The number of Topliss-reactive ketones (excluding diaryl/α,β-unsaturated/α-hetero) is 1. The van der Waals surface area contributed by atoms with Crippen LogP contribution in [-0.2, 0) is 16.9 Å². The smallest absolute Gasteiger partial charge is 0.295 e. The number of para-hydroxylation sites is 1. The molecule has 1 fully saturated rings. The van der Waals surface area contributed by atoms with Crippen molar-refractivity contribution in [1.82, 2.24) is 9.47 Å². The highest BCUT2D eigenvalue weighted by atomic mass is 16.3. The molecule has 4 aromatic rings. The molecule has 172 valence electrons. The van der Waals surface area contributed by atoms with Crippen LogP contribution < -0.4 is 0 Å². The Morgan fingerprint density at radius 3 is 2.29 bits per heavy atom. The third kappa shape index (κ3) is 3.93. The van der Waals surface area contributed by atoms with Gasteiger partial charge >= 0.3 is 0 Å². The lowest BCUT2D eigenvalue weighted by Gasteiger charge is -2.43. The molecule has 1 saturated heterocycles. The Labute approximate surface area is 199 Å². The second-order valence-corrected chi connectivity index (χ2v) is 9.20. The number of piperidine rings is 1. The summed E-state index contributed by atoms with van der Waals surface area (Å²) in [5, 5.41) is 12.1. The molecule has 0 aliphatic carbocycles. The lowest BCUT2D eigenvalue weighted by molar-refractivity contribution is -0.135. The van der Waals surface area contributed by atoms with Crippen LogP contribution in [-0.4, -0.2) is 39.4 Å². The summed E-state index contributed by atoms with van der Waals surface area (Å²) in [5.74, 6) is -1.20. The summed E-state index contributed by atoms with van der Waals surface area (Å²) in [4.78, 5) is 28.3. The average molecular weight is 453 g/mol. The van der Waals surface area contributed by atoms with Crippen LogP contribution in [0, 0.1) is 5.92 Å². The van der Waals surface area contributed by atoms with Gasteiger partial charge in [0.15, 0.2) is 0 Å². The first-order valence-corrected chi connectivity index (χ1v) is 11.7. The topological polar surface area (TPSA) is 62.5 Å². The number of amides is 1. The molecule has 1 aliphatic rings. The zero-order chi connectivity index (χ0) is 23.7. The Morgan fingerprint density at radius 2 is 1.59 bits per heavy atom. The summed E-state index contributed by atoms with van der Waals surface area (Å²) < 4.78 is 2.03. The van der Waals surface area contributed by atoms with Crippen LogP contribution in [0.25, 0.3) is 10.9 Å². The summed E-state index contributed by atoms with van der Waals surface area (Å²) in [6.07, 6.45) is 2.19. The van der Waals surface area contributed by atoms with E-state index in [1.807, 2.05) is 96.4 Å². The SMILES string of the molecule is CC1CN(C(=O)C(=O)c2cn(Cc3ccccc3)c3ccccc23)CCC1(O)c1ccccc1. The third-order valence-electron chi connectivity index (χ3n) is 7.06. The number of fused-ring (bicyclic) bond motifs is 1. The fraction of sp³-hybridized carbons (Fsp3) is 0.241. The van der Waals surface area contributed by atoms with Crippen molar-refractivity contribution < 1.29 is 14.7 Å². The molecule has 0 spiro atoms. The zero-order valence-corrected chi connectivity index (χ0v) is 19.2. The number of benzene rings is 3. The third-order valence-corrected chi connectivity index (χ3v) is 7.06. The van der Waals surface area contributed by atoms with E-state index in [1.54, 1.807) is 11.1 Å². The number of aliphatic hydroxyl groups is 1. The molecule has 1 aromatic heterocycles. The van der Waals surface area contributed by atoms with Crippen molar-refractivity contribution in [3.8, 4) is 0 Å². The summed E-state index contributed by atoms with van der Waals surface area (Å²) >= 11 is 0. The van der Waals surface area contributed by atoms with E-state index in [-0.39, 0.29) is 5.92 Å². The highest BCUT2D eigenvalue weighted by molar-refractivity contribution is 6.44. The molecular formula is C29H28N2O3. The van der Waals surface area contributed by atoms with Gasteiger partial charge in [-0.05, 0) is 23.6 Å². The van der Waals surface area contributed by atoms with E-state index >= 15 is 0 Å². The van der Waals surface area contributed by atoms with Gasteiger partial charge in [-0.25, -0.2) is 0 Å². The lowest BCUT2D eigenvalue weighted by Crippen LogP contribution is -2.52. The zero-order valence-electron chi connectivity index (χ0n) is 19.2. The van der Waals surface area contributed by atoms with E-state index in [9.17, 15) is 14.7 Å². The first kappa shape index (κ1) is 22.1. The van der Waals surface area contributed by atoms with Gasteiger partial charge in [-0.2, -0.15) is 0 Å². The number of hydrogen-bond acceptors (Lipinski definition) is 3. The number of likely N-dealkylation sites (tertiary alicyclic amines) is 1. The first-order chi connectivity index (χ1) is 16.5. The fourth-order valence-corrected chi connectivity index (χ4v) is 5.06.